The number of carbonyl (C=O) groups excluding carboxylic acids is 1. The Kier molecular flexibility index (Phi) is 4.03. The SMILES string of the molecule is N#CC(C(=O)CC1CCCC1)c1ccc(F)cn1. The minimum absolute atomic E-state index is 0.0940. The molecule has 0 aliphatic heterocycles. The number of carbonyl (C=O) groups is 1. The summed E-state index contributed by atoms with van der Waals surface area (Å²) in [7, 11) is 0. The van der Waals surface area contributed by atoms with E-state index in [4.69, 9.17) is 5.26 Å². The molecule has 1 aromatic heterocycles. The van der Waals surface area contributed by atoms with Gasteiger partial charge < -0.3 is 0 Å². The number of nitriles is 1. The van der Waals surface area contributed by atoms with E-state index in [1.807, 2.05) is 6.07 Å². The van der Waals surface area contributed by atoms with Crippen LogP contribution in [0.15, 0.2) is 18.3 Å². The molecule has 0 N–H and O–H groups in total. The van der Waals surface area contributed by atoms with Crippen LogP contribution in [0.3, 0.4) is 0 Å². The summed E-state index contributed by atoms with van der Waals surface area (Å²) in [6.45, 7) is 0. The topological polar surface area (TPSA) is 53.8 Å². The molecule has 0 bridgehead atoms. The number of Topliss-reactive ketones (excluding diaryl/α,β-unsaturated/α-hetero) is 1. The van der Waals surface area contributed by atoms with Crippen molar-refractivity contribution in [1.29, 1.82) is 5.26 Å². The van der Waals surface area contributed by atoms with Gasteiger partial charge >= 0.3 is 0 Å². The van der Waals surface area contributed by atoms with E-state index in [0.717, 1.165) is 19.0 Å². The number of hydrogen-bond acceptors (Lipinski definition) is 3. The van der Waals surface area contributed by atoms with Crippen LogP contribution >= 0.6 is 0 Å². The van der Waals surface area contributed by atoms with Crippen LogP contribution in [0.1, 0.15) is 43.7 Å². The number of halogens is 1. The lowest BCUT2D eigenvalue weighted by Gasteiger charge is -2.11. The molecule has 1 atom stereocenters. The van der Waals surface area contributed by atoms with Crippen LogP contribution in [0.5, 0.6) is 0 Å². The average molecular weight is 246 g/mol. The van der Waals surface area contributed by atoms with Gasteiger partial charge in [-0.3, -0.25) is 9.78 Å². The predicted octanol–water partition coefficient (Wildman–Crippen LogP) is 2.98. The Morgan fingerprint density at radius 3 is 2.78 bits per heavy atom. The van der Waals surface area contributed by atoms with Crippen LogP contribution in [-0.2, 0) is 4.79 Å². The lowest BCUT2D eigenvalue weighted by molar-refractivity contribution is -0.120. The van der Waals surface area contributed by atoms with Crippen LogP contribution in [0.2, 0.25) is 0 Å². The van der Waals surface area contributed by atoms with E-state index in [1.165, 1.54) is 25.0 Å². The number of nitrogens with zero attached hydrogens (tertiary/aromatic N) is 2. The van der Waals surface area contributed by atoms with E-state index in [1.54, 1.807) is 0 Å². The molecule has 0 aromatic carbocycles. The van der Waals surface area contributed by atoms with Crippen molar-refractivity contribution in [1.82, 2.24) is 4.98 Å². The predicted molar refractivity (Wildman–Crippen MR) is 64.1 cm³/mol. The van der Waals surface area contributed by atoms with E-state index in [0.29, 0.717) is 18.0 Å². The molecule has 4 heteroatoms. The highest BCUT2D eigenvalue weighted by molar-refractivity contribution is 5.88. The number of ketones is 1. The van der Waals surface area contributed by atoms with Gasteiger partial charge in [0.1, 0.15) is 11.7 Å². The van der Waals surface area contributed by atoms with Gasteiger partial charge in [0.25, 0.3) is 0 Å². The van der Waals surface area contributed by atoms with Crippen LogP contribution in [0, 0.1) is 23.1 Å². The first kappa shape index (κ1) is 12.7. The minimum Gasteiger partial charge on any atom is -0.298 e. The highest BCUT2D eigenvalue weighted by Crippen LogP contribution is 2.30. The fraction of sp³-hybridized carbons (Fsp3) is 0.500. The van der Waals surface area contributed by atoms with Gasteiger partial charge in [-0.05, 0) is 18.1 Å². The molecule has 1 fully saturated rings. The molecule has 3 nitrogen and oxygen atoms in total. The lowest BCUT2D eigenvalue weighted by Crippen LogP contribution is -2.15. The van der Waals surface area contributed by atoms with Gasteiger partial charge in [-0.25, -0.2) is 4.39 Å². The average Bonchev–Trinajstić information content (AvgIpc) is 2.85. The van der Waals surface area contributed by atoms with Crippen molar-refractivity contribution < 1.29 is 9.18 Å². The van der Waals surface area contributed by atoms with E-state index >= 15 is 0 Å². The Balaban J connectivity index is 2.06. The molecule has 18 heavy (non-hydrogen) atoms. The maximum atomic E-state index is 12.8. The van der Waals surface area contributed by atoms with Crippen LogP contribution < -0.4 is 0 Å². The molecule has 1 heterocycles. The smallest absolute Gasteiger partial charge is 0.156 e. The van der Waals surface area contributed by atoms with Gasteiger partial charge in [0, 0.05) is 6.42 Å². The monoisotopic (exact) mass is 246 g/mol. The molecule has 0 radical (unpaired) electrons. The highest BCUT2D eigenvalue weighted by Gasteiger charge is 2.26. The van der Waals surface area contributed by atoms with Crippen LogP contribution in [0.4, 0.5) is 4.39 Å². The number of pyridine rings is 1. The van der Waals surface area contributed by atoms with Crippen molar-refractivity contribution in [2.24, 2.45) is 5.92 Å². The first-order valence-corrected chi connectivity index (χ1v) is 6.24. The summed E-state index contributed by atoms with van der Waals surface area (Å²) in [5.74, 6) is -0.998. The third-order valence-electron chi connectivity index (χ3n) is 3.46. The minimum atomic E-state index is -0.855. The Labute approximate surface area is 106 Å². The first-order valence-electron chi connectivity index (χ1n) is 6.24. The summed E-state index contributed by atoms with van der Waals surface area (Å²) >= 11 is 0. The third kappa shape index (κ3) is 2.92. The molecular weight excluding hydrogens is 231 g/mol. The van der Waals surface area contributed by atoms with Gasteiger partial charge in [-0.2, -0.15) is 5.26 Å². The summed E-state index contributed by atoms with van der Waals surface area (Å²) in [5, 5.41) is 9.09. The maximum Gasteiger partial charge on any atom is 0.156 e. The van der Waals surface area contributed by atoms with Gasteiger partial charge in [-0.1, -0.05) is 25.7 Å². The molecule has 94 valence electrons. The van der Waals surface area contributed by atoms with Crippen molar-refractivity contribution in [3.63, 3.8) is 0 Å². The van der Waals surface area contributed by atoms with E-state index < -0.39 is 11.7 Å². The van der Waals surface area contributed by atoms with Crippen molar-refractivity contribution in [2.75, 3.05) is 0 Å². The van der Waals surface area contributed by atoms with Crippen LogP contribution in [-0.4, -0.2) is 10.8 Å². The Morgan fingerprint density at radius 2 is 2.22 bits per heavy atom. The van der Waals surface area contributed by atoms with E-state index in [9.17, 15) is 9.18 Å². The quantitative estimate of drug-likeness (QED) is 0.820. The van der Waals surface area contributed by atoms with Gasteiger partial charge in [0.05, 0.1) is 18.0 Å². The Bertz CT molecular complexity index is 458. The molecular formula is C14H15FN2O. The van der Waals surface area contributed by atoms with Crippen molar-refractivity contribution in [3.8, 4) is 6.07 Å². The van der Waals surface area contributed by atoms with Crippen molar-refractivity contribution >= 4 is 5.78 Å². The second-order valence-electron chi connectivity index (χ2n) is 4.78. The second kappa shape index (κ2) is 5.72. The highest BCUT2D eigenvalue weighted by atomic mass is 19.1. The van der Waals surface area contributed by atoms with Gasteiger partial charge in [0.2, 0.25) is 0 Å². The van der Waals surface area contributed by atoms with E-state index in [-0.39, 0.29) is 5.78 Å². The first-order chi connectivity index (χ1) is 8.70. The molecule has 1 saturated carbocycles. The molecule has 2 rings (SSSR count). The third-order valence-corrected chi connectivity index (χ3v) is 3.46. The number of aromatic nitrogens is 1. The van der Waals surface area contributed by atoms with Gasteiger partial charge in [0.15, 0.2) is 5.78 Å². The lowest BCUT2D eigenvalue weighted by atomic mass is 9.92. The van der Waals surface area contributed by atoms with Gasteiger partial charge in [-0.15, -0.1) is 0 Å². The zero-order chi connectivity index (χ0) is 13.0. The zero-order valence-corrected chi connectivity index (χ0v) is 10.1. The molecule has 0 spiro atoms. The van der Waals surface area contributed by atoms with Crippen molar-refractivity contribution in [2.45, 2.75) is 38.0 Å². The summed E-state index contributed by atoms with van der Waals surface area (Å²) < 4.78 is 12.8. The van der Waals surface area contributed by atoms with Crippen molar-refractivity contribution in [3.05, 3.63) is 29.8 Å². The molecule has 0 saturated heterocycles. The molecule has 0 amide bonds. The molecule has 1 aliphatic rings. The number of rotatable bonds is 4. The molecule has 1 aromatic rings. The summed E-state index contributed by atoms with van der Waals surface area (Å²) in [4.78, 5) is 15.9. The maximum absolute atomic E-state index is 12.8. The normalized spacial score (nSPS) is 17.3. The summed E-state index contributed by atoms with van der Waals surface area (Å²) in [6, 6.07) is 4.62. The fourth-order valence-corrected chi connectivity index (χ4v) is 2.48. The molecule has 1 aliphatic carbocycles. The Hall–Kier alpha value is -1.76. The Morgan fingerprint density at radius 1 is 1.50 bits per heavy atom. The zero-order valence-electron chi connectivity index (χ0n) is 10.1. The molecule has 1 unspecified atom stereocenters. The second-order valence-corrected chi connectivity index (χ2v) is 4.78. The van der Waals surface area contributed by atoms with E-state index in [2.05, 4.69) is 4.98 Å². The van der Waals surface area contributed by atoms with Crippen LogP contribution in [0.25, 0.3) is 0 Å². The summed E-state index contributed by atoms with van der Waals surface area (Å²) in [5.41, 5.74) is 0.349. The standard InChI is InChI=1S/C14H15FN2O/c15-11-5-6-13(17-9-11)12(8-16)14(18)7-10-3-1-2-4-10/h5-6,9-10,12H,1-4,7H2. The summed E-state index contributed by atoms with van der Waals surface area (Å²) in [6.07, 6.45) is 5.97. The largest absolute Gasteiger partial charge is 0.298 e. The number of hydrogen-bond donors (Lipinski definition) is 0. The fourth-order valence-electron chi connectivity index (χ4n) is 2.48.